The summed E-state index contributed by atoms with van der Waals surface area (Å²) in [6, 6.07) is 7.68. The Morgan fingerprint density at radius 3 is 2.70 bits per heavy atom. The number of rotatable bonds is 3. The van der Waals surface area contributed by atoms with Crippen LogP contribution in [0, 0.1) is 5.82 Å². The molecule has 5 nitrogen and oxygen atoms in total. The molecule has 7 heteroatoms. The molecular weight excluding hydrogens is 321 g/mol. The van der Waals surface area contributed by atoms with E-state index in [1.807, 2.05) is 12.1 Å². The summed E-state index contributed by atoms with van der Waals surface area (Å²) in [5.41, 5.74) is 0.136. The first-order valence-electron chi connectivity index (χ1n) is 7.37. The molecule has 1 aliphatic rings. The summed E-state index contributed by atoms with van der Waals surface area (Å²) in [5.74, 6) is 0.369. The zero-order chi connectivity index (χ0) is 16.2. The van der Waals surface area contributed by atoms with Gasteiger partial charge in [0.2, 0.25) is 0 Å². The van der Waals surface area contributed by atoms with Gasteiger partial charge in [-0.1, -0.05) is 11.6 Å². The molecule has 1 aromatic carbocycles. The predicted molar refractivity (Wildman–Crippen MR) is 86.0 cm³/mol. The normalized spacial score (nSPS) is 15.7. The Balaban J connectivity index is 1.51. The summed E-state index contributed by atoms with van der Waals surface area (Å²) < 4.78 is 19.0. The van der Waals surface area contributed by atoms with E-state index in [9.17, 15) is 9.18 Å². The number of furan rings is 1. The maximum Gasteiger partial charge on any atom is 0.322 e. The SMILES string of the molecule is O=C(Nc1ccc(Cl)cc1F)N1CCN(Cc2ccco2)CC1. The summed E-state index contributed by atoms with van der Waals surface area (Å²) in [6.45, 7) is 3.40. The third kappa shape index (κ3) is 4.03. The molecule has 0 radical (unpaired) electrons. The number of nitrogens with one attached hydrogen (secondary N) is 1. The van der Waals surface area contributed by atoms with Crippen molar-refractivity contribution in [2.24, 2.45) is 0 Å². The first kappa shape index (κ1) is 15.8. The van der Waals surface area contributed by atoms with Crippen LogP contribution in [0.4, 0.5) is 14.9 Å². The van der Waals surface area contributed by atoms with Crippen molar-refractivity contribution in [2.75, 3.05) is 31.5 Å². The molecule has 1 aromatic heterocycles. The maximum atomic E-state index is 13.7. The average Bonchev–Trinajstić information content (AvgIpc) is 3.04. The smallest absolute Gasteiger partial charge is 0.322 e. The van der Waals surface area contributed by atoms with Gasteiger partial charge in [-0.15, -0.1) is 0 Å². The van der Waals surface area contributed by atoms with Gasteiger partial charge < -0.3 is 14.6 Å². The molecule has 0 spiro atoms. The van der Waals surface area contributed by atoms with Crippen LogP contribution in [0.1, 0.15) is 5.76 Å². The van der Waals surface area contributed by atoms with Crippen LogP contribution < -0.4 is 5.32 Å². The highest BCUT2D eigenvalue weighted by molar-refractivity contribution is 6.30. The fourth-order valence-electron chi connectivity index (χ4n) is 2.52. The Morgan fingerprint density at radius 2 is 2.04 bits per heavy atom. The first-order chi connectivity index (χ1) is 11.1. The lowest BCUT2D eigenvalue weighted by atomic mass is 10.3. The van der Waals surface area contributed by atoms with E-state index in [0.29, 0.717) is 18.1 Å². The maximum absolute atomic E-state index is 13.7. The zero-order valence-electron chi connectivity index (χ0n) is 12.5. The number of anilines is 1. The highest BCUT2D eigenvalue weighted by atomic mass is 35.5. The van der Waals surface area contributed by atoms with Crippen LogP contribution in [0.5, 0.6) is 0 Å². The quantitative estimate of drug-likeness (QED) is 0.933. The van der Waals surface area contributed by atoms with E-state index < -0.39 is 5.82 Å². The van der Waals surface area contributed by atoms with Crippen LogP contribution in [-0.2, 0) is 6.54 Å². The molecule has 1 fully saturated rings. The molecule has 2 heterocycles. The van der Waals surface area contributed by atoms with Crippen molar-refractivity contribution in [3.05, 3.63) is 53.2 Å². The monoisotopic (exact) mass is 337 g/mol. The summed E-state index contributed by atoms with van der Waals surface area (Å²) in [4.78, 5) is 16.1. The van der Waals surface area contributed by atoms with E-state index in [2.05, 4.69) is 10.2 Å². The van der Waals surface area contributed by atoms with Crippen LogP contribution in [0.2, 0.25) is 5.02 Å². The number of amides is 2. The fraction of sp³-hybridized carbons (Fsp3) is 0.312. The van der Waals surface area contributed by atoms with Gasteiger partial charge in [-0.2, -0.15) is 0 Å². The van der Waals surface area contributed by atoms with Gasteiger partial charge in [0.25, 0.3) is 0 Å². The summed E-state index contributed by atoms with van der Waals surface area (Å²) in [6.07, 6.45) is 1.65. The molecule has 0 atom stereocenters. The van der Waals surface area contributed by atoms with E-state index in [-0.39, 0.29) is 11.7 Å². The minimum Gasteiger partial charge on any atom is -0.468 e. The van der Waals surface area contributed by atoms with Gasteiger partial charge in [-0.25, -0.2) is 9.18 Å². The number of nitrogens with zero attached hydrogens (tertiary/aromatic N) is 2. The van der Waals surface area contributed by atoms with Crippen LogP contribution >= 0.6 is 11.6 Å². The third-order valence-electron chi connectivity index (χ3n) is 3.79. The molecule has 1 saturated heterocycles. The number of piperazine rings is 1. The lowest BCUT2D eigenvalue weighted by molar-refractivity contribution is 0.137. The molecule has 23 heavy (non-hydrogen) atoms. The molecule has 1 aliphatic heterocycles. The Labute approximate surface area is 138 Å². The van der Waals surface area contributed by atoms with Crippen LogP contribution in [0.15, 0.2) is 41.0 Å². The molecule has 122 valence electrons. The van der Waals surface area contributed by atoms with E-state index in [4.69, 9.17) is 16.0 Å². The van der Waals surface area contributed by atoms with Gasteiger partial charge in [0.1, 0.15) is 11.6 Å². The van der Waals surface area contributed by atoms with Gasteiger partial charge >= 0.3 is 6.03 Å². The molecule has 0 bridgehead atoms. The van der Waals surface area contributed by atoms with Crippen molar-refractivity contribution in [1.29, 1.82) is 0 Å². The van der Waals surface area contributed by atoms with Crippen molar-refractivity contribution >= 4 is 23.3 Å². The first-order valence-corrected chi connectivity index (χ1v) is 7.75. The van der Waals surface area contributed by atoms with E-state index >= 15 is 0 Å². The lowest BCUT2D eigenvalue weighted by Crippen LogP contribution is -2.49. The van der Waals surface area contributed by atoms with Crippen molar-refractivity contribution in [2.45, 2.75) is 6.54 Å². The minimum atomic E-state index is -0.540. The average molecular weight is 338 g/mol. The van der Waals surface area contributed by atoms with Gasteiger partial charge in [0.15, 0.2) is 0 Å². The largest absolute Gasteiger partial charge is 0.468 e. The predicted octanol–water partition coefficient (Wildman–Crippen LogP) is 3.42. The molecule has 2 aromatic rings. The Bertz CT molecular complexity index is 670. The van der Waals surface area contributed by atoms with Crippen LogP contribution in [0.3, 0.4) is 0 Å². The van der Waals surface area contributed by atoms with Gasteiger partial charge in [-0.05, 0) is 30.3 Å². The van der Waals surface area contributed by atoms with E-state index in [1.165, 1.54) is 12.1 Å². The lowest BCUT2D eigenvalue weighted by Gasteiger charge is -2.34. The number of halogens is 2. The Kier molecular flexibility index (Phi) is 4.83. The molecule has 1 N–H and O–H groups in total. The number of carbonyl (C=O) groups excluding carboxylic acids is 1. The third-order valence-corrected chi connectivity index (χ3v) is 4.03. The standard InChI is InChI=1S/C16H17ClFN3O2/c17-12-3-4-15(14(18)10-12)19-16(22)21-7-5-20(6-8-21)11-13-2-1-9-23-13/h1-4,9-10H,5-8,11H2,(H,19,22). The molecule has 0 aliphatic carbocycles. The van der Waals surface area contributed by atoms with Crippen molar-refractivity contribution in [3.8, 4) is 0 Å². The Hall–Kier alpha value is -2.05. The fourth-order valence-corrected chi connectivity index (χ4v) is 2.68. The van der Waals surface area contributed by atoms with Crippen molar-refractivity contribution < 1.29 is 13.6 Å². The topological polar surface area (TPSA) is 48.7 Å². The van der Waals surface area contributed by atoms with Gasteiger partial charge in [-0.3, -0.25) is 4.90 Å². The second-order valence-corrected chi connectivity index (χ2v) is 5.83. The summed E-state index contributed by atoms with van der Waals surface area (Å²) in [7, 11) is 0. The number of urea groups is 1. The molecule has 3 rings (SSSR count). The second-order valence-electron chi connectivity index (χ2n) is 5.40. The highest BCUT2D eigenvalue weighted by Crippen LogP contribution is 2.19. The van der Waals surface area contributed by atoms with Crippen molar-refractivity contribution in [1.82, 2.24) is 9.80 Å². The molecule has 0 unspecified atom stereocenters. The Morgan fingerprint density at radius 1 is 1.26 bits per heavy atom. The molecule has 2 amide bonds. The van der Waals surface area contributed by atoms with Gasteiger partial charge in [0.05, 0.1) is 18.5 Å². The van der Waals surface area contributed by atoms with E-state index in [1.54, 1.807) is 17.2 Å². The zero-order valence-corrected chi connectivity index (χ0v) is 13.2. The number of hydrogen-bond donors (Lipinski definition) is 1. The van der Waals surface area contributed by atoms with Gasteiger partial charge in [0, 0.05) is 31.2 Å². The molecular formula is C16H17ClFN3O2. The second kappa shape index (κ2) is 7.02. The number of carbonyl (C=O) groups is 1. The number of benzene rings is 1. The molecule has 0 saturated carbocycles. The highest BCUT2D eigenvalue weighted by Gasteiger charge is 2.22. The number of hydrogen-bond acceptors (Lipinski definition) is 3. The summed E-state index contributed by atoms with van der Waals surface area (Å²) in [5, 5.41) is 2.88. The minimum absolute atomic E-state index is 0.136. The van der Waals surface area contributed by atoms with E-state index in [0.717, 1.165) is 25.4 Å². The van der Waals surface area contributed by atoms with Crippen molar-refractivity contribution in [3.63, 3.8) is 0 Å². The van der Waals surface area contributed by atoms with Crippen LogP contribution in [0.25, 0.3) is 0 Å². The van der Waals surface area contributed by atoms with Crippen LogP contribution in [-0.4, -0.2) is 42.0 Å². The summed E-state index contributed by atoms with van der Waals surface area (Å²) >= 11 is 5.70.